The van der Waals surface area contributed by atoms with Crippen LogP contribution in [0.25, 0.3) is 0 Å². The van der Waals surface area contributed by atoms with E-state index in [1.807, 2.05) is 0 Å². The molecule has 0 bridgehead atoms. The molecule has 7 nitrogen and oxygen atoms in total. The van der Waals surface area contributed by atoms with E-state index in [-0.39, 0.29) is 6.54 Å². The van der Waals surface area contributed by atoms with Crippen molar-refractivity contribution in [2.24, 2.45) is 0 Å². The maximum Gasteiger partial charge on any atom is 0.333 e. The molecule has 2 amide bonds. The topological polar surface area (TPSA) is 91.4 Å². The summed E-state index contributed by atoms with van der Waals surface area (Å²) in [5.74, 6) is 0. The number of aromatic nitrogens is 1. The average molecular weight is 401 g/mol. The lowest BCUT2D eigenvalue weighted by Crippen LogP contribution is -2.43. The number of amides is 2. The van der Waals surface area contributed by atoms with Gasteiger partial charge in [0.25, 0.3) is 0 Å². The van der Waals surface area contributed by atoms with Gasteiger partial charge in [-0.15, -0.1) is 0 Å². The summed E-state index contributed by atoms with van der Waals surface area (Å²) in [6.45, 7) is 0.154. The fourth-order valence-electron chi connectivity index (χ4n) is 4.13. The molecule has 0 radical (unpaired) electrons. The molecular weight excluding hydrogens is 376 g/mol. The van der Waals surface area contributed by atoms with Gasteiger partial charge in [0, 0.05) is 31.7 Å². The highest BCUT2D eigenvalue weighted by molar-refractivity contribution is 7.87. The Morgan fingerprint density at radius 3 is 2.29 bits per heavy atom. The molecule has 8 heteroatoms. The minimum Gasteiger partial charge on any atom is -0.307 e. The van der Waals surface area contributed by atoms with Crippen LogP contribution in [-0.4, -0.2) is 30.8 Å². The van der Waals surface area contributed by atoms with Gasteiger partial charge in [-0.2, -0.15) is 12.7 Å². The number of urea groups is 1. The van der Waals surface area contributed by atoms with E-state index in [9.17, 15) is 13.2 Å². The molecule has 1 heterocycles. The highest BCUT2D eigenvalue weighted by atomic mass is 32.2. The summed E-state index contributed by atoms with van der Waals surface area (Å²) in [5.41, 5.74) is 6.52. The molecule has 28 heavy (non-hydrogen) atoms. The first-order valence-corrected chi connectivity index (χ1v) is 11.0. The molecule has 0 saturated heterocycles. The molecule has 0 atom stereocenters. The van der Waals surface area contributed by atoms with Crippen molar-refractivity contribution in [3.8, 4) is 0 Å². The number of anilines is 1. The van der Waals surface area contributed by atoms with Crippen molar-refractivity contribution in [2.45, 2.75) is 45.1 Å². The molecule has 4 rings (SSSR count). The Kier molecular flexibility index (Phi) is 5.07. The predicted octanol–water partition coefficient (Wildman–Crippen LogP) is 2.56. The minimum atomic E-state index is -3.96. The van der Waals surface area contributed by atoms with Crippen molar-refractivity contribution < 1.29 is 13.2 Å². The number of nitrogens with zero attached hydrogens (tertiary/aromatic N) is 2. The first-order chi connectivity index (χ1) is 13.4. The Bertz CT molecular complexity index is 974. The summed E-state index contributed by atoms with van der Waals surface area (Å²) in [5, 5.41) is 2.85. The standard InChI is InChI=1S/C20H24N4O3S/c1-24(13-14-8-10-21-11-9-14)28(26,27)23-20(25)22-19-17-6-2-4-15(17)12-16-5-3-7-18(16)19/h8-12H,2-7,13H2,1H3,(H2,22,23,25). The van der Waals surface area contributed by atoms with Gasteiger partial charge in [-0.25, -0.2) is 9.52 Å². The number of hydrogen-bond acceptors (Lipinski definition) is 4. The number of fused-ring (bicyclic) bond motifs is 2. The van der Waals surface area contributed by atoms with Crippen molar-refractivity contribution in [3.05, 3.63) is 58.4 Å². The molecular formula is C20H24N4O3S. The van der Waals surface area contributed by atoms with Crippen LogP contribution in [0.1, 0.15) is 40.7 Å². The van der Waals surface area contributed by atoms with E-state index >= 15 is 0 Å². The number of rotatable bonds is 5. The zero-order valence-corrected chi connectivity index (χ0v) is 16.7. The third kappa shape index (κ3) is 3.74. The molecule has 148 valence electrons. The fraction of sp³-hybridized carbons (Fsp3) is 0.400. The number of benzene rings is 1. The Balaban J connectivity index is 1.49. The normalized spacial score (nSPS) is 15.4. The monoisotopic (exact) mass is 400 g/mol. The van der Waals surface area contributed by atoms with Crippen LogP contribution >= 0.6 is 0 Å². The van der Waals surface area contributed by atoms with Gasteiger partial charge >= 0.3 is 16.2 Å². The maximum atomic E-state index is 12.5. The second-order valence-corrected chi connectivity index (χ2v) is 9.18. The van der Waals surface area contributed by atoms with Crippen LogP contribution in [-0.2, 0) is 42.4 Å². The second-order valence-electron chi connectivity index (χ2n) is 7.41. The largest absolute Gasteiger partial charge is 0.333 e. The van der Waals surface area contributed by atoms with Crippen LogP contribution in [0.2, 0.25) is 0 Å². The molecule has 0 aliphatic heterocycles. The lowest BCUT2D eigenvalue weighted by atomic mass is 9.99. The summed E-state index contributed by atoms with van der Waals surface area (Å²) in [6, 6.07) is 5.04. The van der Waals surface area contributed by atoms with Gasteiger partial charge in [0.15, 0.2) is 0 Å². The van der Waals surface area contributed by atoms with E-state index < -0.39 is 16.2 Å². The van der Waals surface area contributed by atoms with Crippen molar-refractivity contribution in [2.75, 3.05) is 12.4 Å². The van der Waals surface area contributed by atoms with Gasteiger partial charge in [-0.3, -0.25) is 4.98 Å². The van der Waals surface area contributed by atoms with Gasteiger partial charge in [-0.1, -0.05) is 6.07 Å². The van der Waals surface area contributed by atoms with Gasteiger partial charge in [0.05, 0.1) is 0 Å². The van der Waals surface area contributed by atoms with Gasteiger partial charge in [0.2, 0.25) is 0 Å². The van der Waals surface area contributed by atoms with Crippen LogP contribution in [0, 0.1) is 0 Å². The van der Waals surface area contributed by atoms with Gasteiger partial charge < -0.3 is 5.32 Å². The number of nitrogens with one attached hydrogen (secondary N) is 2. The van der Waals surface area contributed by atoms with Crippen LogP contribution in [0.4, 0.5) is 10.5 Å². The SMILES string of the molecule is CN(Cc1ccncc1)S(=O)(=O)NC(=O)Nc1c2c(cc3c1CCC3)CCC2. The molecule has 0 unspecified atom stereocenters. The Morgan fingerprint density at radius 2 is 1.68 bits per heavy atom. The lowest BCUT2D eigenvalue weighted by molar-refractivity contribution is 0.256. The molecule has 2 aliphatic rings. The molecule has 1 aromatic heterocycles. The van der Waals surface area contributed by atoms with E-state index in [1.54, 1.807) is 24.5 Å². The molecule has 1 aromatic carbocycles. The maximum absolute atomic E-state index is 12.5. The highest BCUT2D eigenvalue weighted by Crippen LogP contribution is 2.38. The van der Waals surface area contributed by atoms with Gasteiger partial charge in [0.1, 0.15) is 0 Å². The Labute approximate surface area is 165 Å². The zero-order chi connectivity index (χ0) is 19.7. The van der Waals surface area contributed by atoms with Crippen LogP contribution < -0.4 is 10.0 Å². The van der Waals surface area contributed by atoms with Crippen LogP contribution in [0.5, 0.6) is 0 Å². The third-order valence-corrected chi connectivity index (χ3v) is 6.89. The van der Waals surface area contributed by atoms with Crippen molar-refractivity contribution >= 4 is 21.9 Å². The van der Waals surface area contributed by atoms with E-state index in [1.165, 1.54) is 29.3 Å². The molecule has 2 aromatic rings. The van der Waals surface area contributed by atoms with Gasteiger partial charge in [-0.05, 0) is 78.5 Å². The van der Waals surface area contributed by atoms with Crippen molar-refractivity contribution in [3.63, 3.8) is 0 Å². The average Bonchev–Trinajstić information content (AvgIpc) is 3.31. The smallest absolute Gasteiger partial charge is 0.307 e. The van der Waals surface area contributed by atoms with Crippen LogP contribution in [0.15, 0.2) is 30.6 Å². The Morgan fingerprint density at radius 1 is 1.07 bits per heavy atom. The quantitative estimate of drug-likeness (QED) is 0.807. The zero-order valence-electron chi connectivity index (χ0n) is 15.9. The summed E-state index contributed by atoms with van der Waals surface area (Å²) in [4.78, 5) is 16.5. The minimum absolute atomic E-state index is 0.154. The molecule has 0 spiro atoms. The van der Waals surface area contributed by atoms with Crippen LogP contribution in [0.3, 0.4) is 0 Å². The predicted molar refractivity (Wildman–Crippen MR) is 107 cm³/mol. The first-order valence-electron chi connectivity index (χ1n) is 9.54. The Hall–Kier alpha value is -2.45. The summed E-state index contributed by atoms with van der Waals surface area (Å²) in [7, 11) is -2.52. The molecule has 0 saturated carbocycles. The number of aryl methyl sites for hydroxylation is 2. The molecule has 0 fully saturated rings. The number of carbonyl (C=O) groups excluding carboxylic acids is 1. The van der Waals surface area contributed by atoms with E-state index in [0.717, 1.165) is 54.1 Å². The summed E-state index contributed by atoms with van der Waals surface area (Å²) >= 11 is 0. The first kappa shape index (κ1) is 18.9. The number of hydrogen-bond donors (Lipinski definition) is 2. The summed E-state index contributed by atoms with van der Waals surface area (Å²) < 4.78 is 28.3. The highest BCUT2D eigenvalue weighted by Gasteiger charge is 2.27. The van der Waals surface area contributed by atoms with E-state index in [4.69, 9.17) is 0 Å². The molecule has 2 aliphatic carbocycles. The van der Waals surface area contributed by atoms with Crippen molar-refractivity contribution in [1.82, 2.24) is 14.0 Å². The molecule has 2 N–H and O–H groups in total. The second kappa shape index (κ2) is 7.52. The van der Waals surface area contributed by atoms with E-state index in [0.29, 0.717) is 0 Å². The number of pyridine rings is 1. The lowest BCUT2D eigenvalue weighted by Gasteiger charge is -2.20. The van der Waals surface area contributed by atoms with E-state index in [2.05, 4.69) is 21.1 Å². The number of carbonyl (C=O) groups is 1. The fourth-order valence-corrected chi connectivity index (χ4v) is 4.89. The third-order valence-electron chi connectivity index (χ3n) is 5.50. The van der Waals surface area contributed by atoms with Crippen molar-refractivity contribution in [1.29, 1.82) is 0 Å². The summed E-state index contributed by atoms with van der Waals surface area (Å²) in [6.07, 6.45) is 9.24.